The minimum Gasteiger partial charge on any atom is -0.481 e. The standard InChI is InChI=1S/C17H24N4O4/c1-12(22)20-6-8-21(9-7-20)16-14(3-4-15(19-16)24-2)18-17(23)13-5-10-25-11-13/h3-4,13H,5-11H2,1-2H3,(H,18,23)/t13-/m0/s1. The van der Waals surface area contributed by atoms with Gasteiger partial charge in [0.05, 0.1) is 25.3 Å². The monoisotopic (exact) mass is 348 g/mol. The molecule has 0 spiro atoms. The first-order valence-electron chi connectivity index (χ1n) is 8.52. The highest BCUT2D eigenvalue weighted by molar-refractivity contribution is 5.95. The molecule has 2 saturated heterocycles. The summed E-state index contributed by atoms with van der Waals surface area (Å²) >= 11 is 0. The van der Waals surface area contributed by atoms with Crippen LogP contribution in [0.1, 0.15) is 13.3 Å². The number of rotatable bonds is 4. The zero-order valence-corrected chi connectivity index (χ0v) is 14.7. The molecule has 0 radical (unpaired) electrons. The summed E-state index contributed by atoms with van der Waals surface area (Å²) in [6, 6.07) is 3.54. The summed E-state index contributed by atoms with van der Waals surface area (Å²) in [7, 11) is 1.56. The van der Waals surface area contributed by atoms with Crippen LogP contribution < -0.4 is 15.0 Å². The Labute approximate surface area is 147 Å². The van der Waals surface area contributed by atoms with Crippen molar-refractivity contribution in [3.63, 3.8) is 0 Å². The van der Waals surface area contributed by atoms with Gasteiger partial charge < -0.3 is 24.6 Å². The fourth-order valence-corrected chi connectivity index (χ4v) is 3.09. The van der Waals surface area contributed by atoms with E-state index in [1.807, 2.05) is 11.0 Å². The fourth-order valence-electron chi connectivity index (χ4n) is 3.09. The van der Waals surface area contributed by atoms with Gasteiger partial charge in [0.1, 0.15) is 0 Å². The molecule has 1 N–H and O–H groups in total. The van der Waals surface area contributed by atoms with E-state index in [4.69, 9.17) is 9.47 Å². The number of amides is 2. The molecular formula is C17H24N4O4. The normalized spacial score (nSPS) is 20.5. The quantitative estimate of drug-likeness (QED) is 0.864. The molecule has 1 aromatic heterocycles. The van der Waals surface area contributed by atoms with Crippen LogP contribution in [0.25, 0.3) is 0 Å². The highest BCUT2D eigenvalue weighted by Gasteiger charge is 2.26. The molecule has 25 heavy (non-hydrogen) atoms. The van der Waals surface area contributed by atoms with Gasteiger partial charge in [0.2, 0.25) is 17.7 Å². The minimum absolute atomic E-state index is 0.0481. The summed E-state index contributed by atoms with van der Waals surface area (Å²) in [4.78, 5) is 32.3. The molecule has 8 nitrogen and oxygen atoms in total. The number of nitrogens with one attached hydrogen (secondary N) is 1. The van der Waals surface area contributed by atoms with Crippen molar-refractivity contribution in [2.45, 2.75) is 13.3 Å². The average Bonchev–Trinajstić information content (AvgIpc) is 3.17. The van der Waals surface area contributed by atoms with E-state index in [0.717, 1.165) is 6.42 Å². The van der Waals surface area contributed by atoms with E-state index in [-0.39, 0.29) is 17.7 Å². The van der Waals surface area contributed by atoms with Crippen LogP contribution in [-0.2, 0) is 14.3 Å². The Balaban J connectivity index is 1.76. The minimum atomic E-state index is -0.121. The molecule has 136 valence electrons. The molecule has 3 heterocycles. The third-order valence-corrected chi connectivity index (χ3v) is 4.64. The van der Waals surface area contributed by atoms with Crippen molar-refractivity contribution in [2.75, 3.05) is 56.7 Å². The molecule has 2 aliphatic rings. The topological polar surface area (TPSA) is 84.0 Å². The molecule has 0 bridgehead atoms. The average molecular weight is 348 g/mol. The van der Waals surface area contributed by atoms with Crippen LogP contribution in [0.5, 0.6) is 5.88 Å². The summed E-state index contributed by atoms with van der Waals surface area (Å²) in [6.45, 7) is 5.26. The summed E-state index contributed by atoms with van der Waals surface area (Å²) in [5, 5.41) is 2.98. The highest BCUT2D eigenvalue weighted by atomic mass is 16.5. The predicted molar refractivity (Wildman–Crippen MR) is 92.8 cm³/mol. The number of hydrogen-bond acceptors (Lipinski definition) is 6. The number of carbonyl (C=O) groups is 2. The van der Waals surface area contributed by atoms with Gasteiger partial charge in [-0.2, -0.15) is 4.98 Å². The maximum Gasteiger partial charge on any atom is 0.230 e. The van der Waals surface area contributed by atoms with Crippen molar-refractivity contribution in [1.82, 2.24) is 9.88 Å². The van der Waals surface area contributed by atoms with Gasteiger partial charge in [0.25, 0.3) is 0 Å². The van der Waals surface area contributed by atoms with Gasteiger partial charge in [-0.1, -0.05) is 0 Å². The molecular weight excluding hydrogens is 324 g/mol. The lowest BCUT2D eigenvalue weighted by molar-refractivity contribution is -0.129. The van der Waals surface area contributed by atoms with Crippen molar-refractivity contribution in [3.05, 3.63) is 12.1 Å². The van der Waals surface area contributed by atoms with Crippen LogP contribution in [0.3, 0.4) is 0 Å². The molecule has 3 rings (SSSR count). The van der Waals surface area contributed by atoms with E-state index in [9.17, 15) is 9.59 Å². The number of ether oxygens (including phenoxy) is 2. The van der Waals surface area contributed by atoms with Crippen LogP contribution >= 0.6 is 0 Å². The summed E-state index contributed by atoms with van der Waals surface area (Å²) in [5.41, 5.74) is 0.661. The van der Waals surface area contributed by atoms with Gasteiger partial charge in [0, 0.05) is 45.8 Å². The Morgan fingerprint density at radius 1 is 1.28 bits per heavy atom. The van der Waals surface area contributed by atoms with Crippen molar-refractivity contribution in [2.24, 2.45) is 5.92 Å². The third kappa shape index (κ3) is 4.01. The maximum absolute atomic E-state index is 12.4. The Hall–Kier alpha value is -2.35. The smallest absolute Gasteiger partial charge is 0.230 e. The van der Waals surface area contributed by atoms with Crippen molar-refractivity contribution >= 4 is 23.3 Å². The third-order valence-electron chi connectivity index (χ3n) is 4.64. The predicted octanol–water partition coefficient (Wildman–Crippen LogP) is 0.734. The zero-order chi connectivity index (χ0) is 17.8. The van der Waals surface area contributed by atoms with E-state index in [2.05, 4.69) is 15.2 Å². The Morgan fingerprint density at radius 3 is 2.64 bits per heavy atom. The first-order chi connectivity index (χ1) is 12.1. The van der Waals surface area contributed by atoms with E-state index < -0.39 is 0 Å². The van der Waals surface area contributed by atoms with Gasteiger partial charge >= 0.3 is 0 Å². The molecule has 0 unspecified atom stereocenters. The Morgan fingerprint density at radius 2 is 2.04 bits per heavy atom. The van der Waals surface area contributed by atoms with Crippen molar-refractivity contribution in [3.8, 4) is 5.88 Å². The molecule has 0 aromatic carbocycles. The first kappa shape index (κ1) is 17.5. The molecule has 8 heteroatoms. The van der Waals surface area contributed by atoms with Crippen LogP contribution in [0, 0.1) is 5.92 Å². The number of pyridine rings is 1. The summed E-state index contributed by atoms with van der Waals surface area (Å²) in [5.74, 6) is 1.08. The number of aromatic nitrogens is 1. The van der Waals surface area contributed by atoms with Gasteiger partial charge in [-0.25, -0.2) is 0 Å². The summed E-state index contributed by atoms with van der Waals surface area (Å²) in [6.07, 6.45) is 0.738. The van der Waals surface area contributed by atoms with E-state index in [0.29, 0.717) is 56.8 Å². The molecule has 0 aliphatic carbocycles. The largest absolute Gasteiger partial charge is 0.481 e. The second kappa shape index (κ2) is 7.69. The first-order valence-corrected chi connectivity index (χ1v) is 8.52. The van der Waals surface area contributed by atoms with Gasteiger partial charge in [-0.3, -0.25) is 9.59 Å². The molecule has 1 aromatic rings. The zero-order valence-electron chi connectivity index (χ0n) is 14.7. The SMILES string of the molecule is COc1ccc(NC(=O)[C@H]2CCOC2)c(N2CCN(C(C)=O)CC2)n1. The summed E-state index contributed by atoms with van der Waals surface area (Å²) < 4.78 is 10.5. The molecule has 0 saturated carbocycles. The maximum atomic E-state index is 12.4. The fraction of sp³-hybridized carbons (Fsp3) is 0.588. The second-order valence-corrected chi connectivity index (χ2v) is 6.27. The van der Waals surface area contributed by atoms with Crippen LogP contribution in [-0.4, -0.2) is 68.2 Å². The van der Waals surface area contributed by atoms with Crippen LogP contribution in [0.4, 0.5) is 11.5 Å². The van der Waals surface area contributed by atoms with Gasteiger partial charge in [-0.15, -0.1) is 0 Å². The lowest BCUT2D eigenvalue weighted by Crippen LogP contribution is -2.48. The number of carbonyl (C=O) groups excluding carboxylic acids is 2. The van der Waals surface area contributed by atoms with Crippen LogP contribution in [0.2, 0.25) is 0 Å². The molecule has 2 amide bonds. The molecule has 1 atom stereocenters. The number of anilines is 2. The Bertz CT molecular complexity index is 638. The Kier molecular flexibility index (Phi) is 5.37. The molecule has 2 aliphatic heterocycles. The van der Waals surface area contributed by atoms with E-state index in [1.165, 1.54) is 0 Å². The lowest BCUT2D eigenvalue weighted by Gasteiger charge is -2.35. The second-order valence-electron chi connectivity index (χ2n) is 6.27. The number of hydrogen-bond donors (Lipinski definition) is 1. The van der Waals surface area contributed by atoms with E-state index in [1.54, 1.807) is 20.1 Å². The van der Waals surface area contributed by atoms with Crippen molar-refractivity contribution < 1.29 is 19.1 Å². The van der Waals surface area contributed by atoms with Gasteiger partial charge in [-0.05, 0) is 12.5 Å². The van der Waals surface area contributed by atoms with Crippen LogP contribution in [0.15, 0.2) is 12.1 Å². The number of nitrogens with zero attached hydrogens (tertiary/aromatic N) is 3. The number of piperazine rings is 1. The lowest BCUT2D eigenvalue weighted by atomic mass is 10.1. The van der Waals surface area contributed by atoms with Crippen molar-refractivity contribution in [1.29, 1.82) is 0 Å². The van der Waals surface area contributed by atoms with Gasteiger partial charge in [0.15, 0.2) is 5.82 Å². The molecule has 2 fully saturated rings. The number of methoxy groups -OCH3 is 1. The highest BCUT2D eigenvalue weighted by Crippen LogP contribution is 2.28. The van der Waals surface area contributed by atoms with E-state index >= 15 is 0 Å².